The van der Waals surface area contributed by atoms with Crippen molar-refractivity contribution in [2.45, 2.75) is 12.5 Å². The summed E-state index contributed by atoms with van der Waals surface area (Å²) in [4.78, 5) is 0. The van der Waals surface area contributed by atoms with Crippen LogP contribution in [0, 0.1) is 0 Å². The van der Waals surface area contributed by atoms with Crippen LogP contribution in [-0.4, -0.2) is 46.9 Å². The van der Waals surface area contributed by atoms with E-state index in [-0.39, 0.29) is 5.65 Å². The summed E-state index contributed by atoms with van der Waals surface area (Å²) in [6, 6.07) is 11.1. The molecule has 1 aromatic carbocycles. The van der Waals surface area contributed by atoms with Gasteiger partial charge in [-0.1, -0.05) is 11.5 Å². The molecular weight excluding hydrogens is 405 g/mol. The second kappa shape index (κ2) is 8.17. The van der Waals surface area contributed by atoms with E-state index in [1.54, 1.807) is 32.4 Å². The van der Waals surface area contributed by atoms with Crippen molar-refractivity contribution >= 4 is 24.8 Å². The Bertz CT molecular complexity index is 1220. The van der Waals surface area contributed by atoms with E-state index in [0.29, 0.717) is 29.3 Å². The molecule has 0 atom stereocenters. The number of nitrogens with one attached hydrogen (secondary N) is 1. The quantitative estimate of drug-likeness (QED) is 0.457. The lowest BCUT2D eigenvalue weighted by Crippen LogP contribution is -2.22. The summed E-state index contributed by atoms with van der Waals surface area (Å²) in [5.74, 6) is -2.49. The lowest BCUT2D eigenvalue weighted by atomic mass is 9.99. The summed E-state index contributed by atoms with van der Waals surface area (Å²) < 4.78 is 41.7. The third-order valence-corrected chi connectivity index (χ3v) is 4.65. The maximum Gasteiger partial charge on any atom is 0.350 e. The van der Waals surface area contributed by atoms with Gasteiger partial charge in [-0.05, 0) is 30.3 Å². The Morgan fingerprint density at radius 1 is 1.00 bits per heavy atom. The SMILES string of the molecule is [B]c1ccc2nnc(C(F)(F)c3ccc(NCc4ccc(OC)cc4OC)nn3)n2c1. The van der Waals surface area contributed by atoms with E-state index in [9.17, 15) is 0 Å². The first kappa shape index (κ1) is 20.5. The molecule has 0 spiro atoms. The van der Waals surface area contributed by atoms with Crippen molar-refractivity contribution in [1.29, 1.82) is 0 Å². The highest BCUT2D eigenvalue weighted by atomic mass is 19.3. The second-order valence-corrected chi connectivity index (χ2v) is 6.62. The topological polar surface area (TPSA) is 86.5 Å². The van der Waals surface area contributed by atoms with E-state index >= 15 is 8.78 Å². The van der Waals surface area contributed by atoms with Gasteiger partial charge in [0.25, 0.3) is 0 Å². The van der Waals surface area contributed by atoms with Crippen LogP contribution in [0.15, 0.2) is 48.7 Å². The van der Waals surface area contributed by atoms with Crippen LogP contribution in [0.3, 0.4) is 0 Å². The molecule has 0 unspecified atom stereocenters. The number of hydrogen-bond donors (Lipinski definition) is 1. The second-order valence-electron chi connectivity index (χ2n) is 6.62. The number of benzene rings is 1. The van der Waals surface area contributed by atoms with Crippen molar-refractivity contribution in [3.05, 3.63) is 65.7 Å². The van der Waals surface area contributed by atoms with Crippen LogP contribution in [0.5, 0.6) is 11.5 Å². The molecule has 31 heavy (non-hydrogen) atoms. The predicted molar refractivity (Wildman–Crippen MR) is 110 cm³/mol. The van der Waals surface area contributed by atoms with Crippen molar-refractivity contribution < 1.29 is 18.3 Å². The monoisotopic (exact) mass is 422 g/mol. The van der Waals surface area contributed by atoms with Crippen LogP contribution in [0.4, 0.5) is 14.6 Å². The summed E-state index contributed by atoms with van der Waals surface area (Å²) in [7, 11) is 8.82. The van der Waals surface area contributed by atoms with Gasteiger partial charge in [0.1, 0.15) is 30.9 Å². The lowest BCUT2D eigenvalue weighted by Gasteiger charge is -2.14. The van der Waals surface area contributed by atoms with Crippen molar-refractivity contribution in [3.8, 4) is 11.5 Å². The van der Waals surface area contributed by atoms with Gasteiger partial charge in [0.05, 0.1) is 14.2 Å². The van der Waals surface area contributed by atoms with E-state index in [1.807, 2.05) is 6.07 Å². The molecule has 2 radical (unpaired) electrons. The highest BCUT2D eigenvalue weighted by molar-refractivity contribution is 6.32. The standard InChI is InChI=1S/C20H17BF2N6O2/c1-30-14-5-3-12(15(9-14)31-2)10-24-17-7-6-16(25-26-17)20(22,23)19-28-27-18-8-4-13(21)11-29(18)19/h3-9,11H,10H2,1-2H3,(H,24,26). The van der Waals surface area contributed by atoms with Gasteiger partial charge in [-0.25, -0.2) is 0 Å². The summed E-state index contributed by atoms with van der Waals surface area (Å²) in [5.41, 5.74) is 0.844. The first-order valence-corrected chi connectivity index (χ1v) is 9.20. The number of halogens is 2. The van der Waals surface area contributed by atoms with Gasteiger partial charge in [0, 0.05) is 24.4 Å². The van der Waals surface area contributed by atoms with Gasteiger partial charge in [-0.2, -0.15) is 8.78 Å². The van der Waals surface area contributed by atoms with Crippen LogP contribution < -0.4 is 20.3 Å². The molecule has 0 aliphatic heterocycles. The lowest BCUT2D eigenvalue weighted by molar-refractivity contribution is 0.0261. The summed E-state index contributed by atoms with van der Waals surface area (Å²) in [5, 5.41) is 18.0. The fourth-order valence-electron chi connectivity index (χ4n) is 3.01. The minimum atomic E-state index is -3.52. The van der Waals surface area contributed by atoms with E-state index in [4.69, 9.17) is 17.3 Å². The zero-order chi connectivity index (χ0) is 22.0. The van der Waals surface area contributed by atoms with Crippen LogP contribution in [0.2, 0.25) is 0 Å². The van der Waals surface area contributed by atoms with Crippen LogP contribution in [0.1, 0.15) is 17.1 Å². The first-order valence-electron chi connectivity index (χ1n) is 9.20. The van der Waals surface area contributed by atoms with Crippen LogP contribution in [0.25, 0.3) is 5.65 Å². The number of pyridine rings is 1. The number of ether oxygens (including phenoxy) is 2. The van der Waals surface area contributed by atoms with Gasteiger partial charge >= 0.3 is 5.92 Å². The van der Waals surface area contributed by atoms with Crippen LogP contribution in [-0.2, 0) is 12.5 Å². The van der Waals surface area contributed by atoms with Crippen molar-refractivity contribution in [1.82, 2.24) is 24.8 Å². The largest absolute Gasteiger partial charge is 0.497 e. The first-order chi connectivity index (χ1) is 14.9. The molecule has 0 bridgehead atoms. The van der Waals surface area contributed by atoms with Gasteiger partial charge in [-0.3, -0.25) is 4.40 Å². The number of anilines is 1. The molecule has 0 saturated carbocycles. The molecule has 0 amide bonds. The Labute approximate surface area is 177 Å². The number of alkyl halides is 2. The average Bonchev–Trinajstić information content (AvgIpc) is 3.21. The summed E-state index contributed by atoms with van der Waals surface area (Å²) >= 11 is 0. The molecule has 0 fully saturated rings. The molecule has 8 nitrogen and oxygen atoms in total. The molecule has 3 heterocycles. The Balaban J connectivity index is 1.53. The highest BCUT2D eigenvalue weighted by Gasteiger charge is 2.41. The summed E-state index contributed by atoms with van der Waals surface area (Å²) in [6.07, 6.45) is 1.34. The van der Waals surface area contributed by atoms with Gasteiger partial charge in [0.2, 0.25) is 5.82 Å². The van der Waals surface area contributed by atoms with E-state index in [0.717, 1.165) is 9.96 Å². The molecule has 0 aliphatic carbocycles. The Hall–Kier alpha value is -3.76. The number of nitrogens with zero attached hydrogens (tertiary/aromatic N) is 5. The zero-order valence-electron chi connectivity index (χ0n) is 16.7. The molecule has 3 aromatic heterocycles. The number of methoxy groups -OCH3 is 2. The maximum atomic E-state index is 15.0. The Morgan fingerprint density at radius 3 is 2.55 bits per heavy atom. The normalized spacial score (nSPS) is 11.5. The molecular formula is C20H17BF2N6O2. The molecule has 4 aromatic rings. The van der Waals surface area contributed by atoms with Crippen molar-refractivity contribution in [2.75, 3.05) is 19.5 Å². The van der Waals surface area contributed by atoms with Gasteiger partial charge in [-0.15, -0.1) is 20.4 Å². The minimum Gasteiger partial charge on any atom is -0.497 e. The third-order valence-electron chi connectivity index (χ3n) is 4.65. The molecule has 1 N–H and O–H groups in total. The smallest absolute Gasteiger partial charge is 0.350 e. The van der Waals surface area contributed by atoms with E-state index in [2.05, 4.69) is 25.7 Å². The van der Waals surface area contributed by atoms with Crippen molar-refractivity contribution in [2.24, 2.45) is 0 Å². The van der Waals surface area contributed by atoms with Crippen molar-refractivity contribution in [3.63, 3.8) is 0 Å². The summed E-state index contributed by atoms with van der Waals surface area (Å²) in [6.45, 7) is 0.353. The maximum absolute atomic E-state index is 15.0. The van der Waals surface area contributed by atoms with E-state index in [1.165, 1.54) is 24.4 Å². The number of aromatic nitrogens is 5. The molecule has 4 rings (SSSR count). The number of rotatable bonds is 7. The fourth-order valence-corrected chi connectivity index (χ4v) is 3.01. The molecule has 0 aliphatic rings. The third kappa shape index (κ3) is 3.98. The molecule has 156 valence electrons. The minimum absolute atomic E-state index is 0.253. The van der Waals surface area contributed by atoms with Gasteiger partial charge in [0.15, 0.2) is 5.65 Å². The fraction of sp³-hybridized carbons (Fsp3) is 0.200. The van der Waals surface area contributed by atoms with E-state index < -0.39 is 17.4 Å². The predicted octanol–water partition coefficient (Wildman–Crippen LogP) is 2.08. The number of hydrogen-bond acceptors (Lipinski definition) is 7. The number of fused-ring (bicyclic) bond motifs is 1. The Kier molecular flexibility index (Phi) is 5.41. The average molecular weight is 422 g/mol. The van der Waals surface area contributed by atoms with Crippen LogP contribution >= 0.6 is 0 Å². The molecule has 0 saturated heterocycles. The zero-order valence-corrected chi connectivity index (χ0v) is 16.7. The molecule has 11 heteroatoms. The van der Waals surface area contributed by atoms with Gasteiger partial charge < -0.3 is 14.8 Å². The Morgan fingerprint density at radius 2 is 1.84 bits per heavy atom. The highest BCUT2D eigenvalue weighted by Crippen LogP contribution is 2.33.